The van der Waals surface area contributed by atoms with Crippen molar-refractivity contribution in [2.45, 2.75) is 19.4 Å². The van der Waals surface area contributed by atoms with Gasteiger partial charge in [-0.15, -0.1) is 0 Å². The molecular formula is C17H18N2O3. The van der Waals surface area contributed by atoms with Crippen molar-refractivity contribution in [3.63, 3.8) is 0 Å². The second-order valence-electron chi connectivity index (χ2n) is 5.83. The van der Waals surface area contributed by atoms with Gasteiger partial charge < -0.3 is 14.1 Å². The molecule has 1 fully saturated rings. The first-order valence-corrected chi connectivity index (χ1v) is 7.72. The lowest BCUT2D eigenvalue weighted by Crippen LogP contribution is -2.39. The van der Waals surface area contributed by atoms with Crippen LogP contribution in [-0.2, 0) is 22.5 Å². The van der Waals surface area contributed by atoms with Crippen LogP contribution in [0.25, 0.3) is 11.5 Å². The summed E-state index contributed by atoms with van der Waals surface area (Å²) in [7, 11) is 0. The quantitative estimate of drug-likeness (QED) is 0.853. The molecule has 0 N–H and O–H groups in total. The van der Waals surface area contributed by atoms with Gasteiger partial charge in [-0.05, 0) is 18.6 Å². The Balaban J connectivity index is 1.54. The minimum Gasteiger partial charge on any atom is -0.441 e. The molecule has 5 nitrogen and oxygen atoms in total. The fourth-order valence-electron chi connectivity index (χ4n) is 3.08. The number of amides is 1. The van der Waals surface area contributed by atoms with E-state index in [1.807, 2.05) is 35.2 Å². The van der Waals surface area contributed by atoms with Crippen LogP contribution in [0, 0.1) is 5.92 Å². The van der Waals surface area contributed by atoms with Crippen LogP contribution in [0.4, 0.5) is 0 Å². The van der Waals surface area contributed by atoms with Gasteiger partial charge >= 0.3 is 0 Å². The molecule has 0 aliphatic carbocycles. The Morgan fingerprint density at radius 3 is 2.91 bits per heavy atom. The third-order valence-electron chi connectivity index (χ3n) is 4.34. The standard InChI is InChI=1S/C17H18N2O3/c20-17(13-7-9-21-11-13)19-8-6-15-14(10-19)18-16(22-15)12-4-2-1-3-5-12/h1-5,13H,6-11H2. The maximum Gasteiger partial charge on any atom is 0.228 e. The van der Waals surface area contributed by atoms with Gasteiger partial charge in [-0.1, -0.05) is 18.2 Å². The molecule has 0 radical (unpaired) electrons. The fourth-order valence-corrected chi connectivity index (χ4v) is 3.08. The predicted molar refractivity (Wildman–Crippen MR) is 80.0 cm³/mol. The molecule has 0 spiro atoms. The van der Waals surface area contributed by atoms with Crippen LogP contribution in [0.5, 0.6) is 0 Å². The van der Waals surface area contributed by atoms with E-state index in [9.17, 15) is 4.79 Å². The van der Waals surface area contributed by atoms with Crippen LogP contribution >= 0.6 is 0 Å². The molecule has 0 bridgehead atoms. The lowest BCUT2D eigenvalue weighted by atomic mass is 10.1. The third-order valence-corrected chi connectivity index (χ3v) is 4.34. The highest BCUT2D eigenvalue weighted by Crippen LogP contribution is 2.27. The molecule has 1 unspecified atom stereocenters. The predicted octanol–water partition coefficient (Wildman–Crippen LogP) is 2.26. The van der Waals surface area contributed by atoms with Crippen molar-refractivity contribution in [1.29, 1.82) is 0 Å². The van der Waals surface area contributed by atoms with Crippen molar-refractivity contribution in [3.8, 4) is 11.5 Å². The number of fused-ring (bicyclic) bond motifs is 1. The van der Waals surface area contributed by atoms with Crippen LogP contribution in [0.15, 0.2) is 34.7 Å². The molecule has 1 aromatic carbocycles. The lowest BCUT2D eigenvalue weighted by Gasteiger charge is -2.27. The summed E-state index contributed by atoms with van der Waals surface area (Å²) in [5.41, 5.74) is 1.86. The Morgan fingerprint density at radius 1 is 1.27 bits per heavy atom. The van der Waals surface area contributed by atoms with Gasteiger partial charge in [-0.2, -0.15) is 0 Å². The van der Waals surface area contributed by atoms with Crippen molar-refractivity contribution >= 4 is 5.91 Å². The SMILES string of the molecule is O=C(C1CCOC1)N1CCc2oc(-c3ccccc3)nc2C1. The van der Waals surface area contributed by atoms with Gasteiger partial charge in [0.1, 0.15) is 11.5 Å². The molecule has 2 aliphatic rings. The van der Waals surface area contributed by atoms with E-state index in [4.69, 9.17) is 9.15 Å². The van der Waals surface area contributed by atoms with Crippen molar-refractivity contribution < 1.29 is 13.9 Å². The molecule has 5 heteroatoms. The number of nitrogens with zero attached hydrogens (tertiary/aromatic N) is 2. The van der Waals surface area contributed by atoms with Gasteiger partial charge in [0, 0.05) is 25.1 Å². The summed E-state index contributed by atoms with van der Waals surface area (Å²) in [5.74, 6) is 1.75. The van der Waals surface area contributed by atoms with E-state index < -0.39 is 0 Å². The van der Waals surface area contributed by atoms with Crippen molar-refractivity contribution in [1.82, 2.24) is 9.88 Å². The topological polar surface area (TPSA) is 55.6 Å². The Labute approximate surface area is 128 Å². The Morgan fingerprint density at radius 2 is 2.14 bits per heavy atom. The van der Waals surface area contributed by atoms with E-state index in [2.05, 4.69) is 4.98 Å². The van der Waals surface area contributed by atoms with E-state index in [0.29, 0.717) is 32.2 Å². The normalized spacial score (nSPS) is 20.9. The summed E-state index contributed by atoms with van der Waals surface area (Å²) in [4.78, 5) is 19.0. The summed E-state index contributed by atoms with van der Waals surface area (Å²) in [5, 5.41) is 0. The van der Waals surface area contributed by atoms with Crippen molar-refractivity contribution in [2.24, 2.45) is 5.92 Å². The van der Waals surface area contributed by atoms with Crippen LogP contribution in [0.2, 0.25) is 0 Å². The molecule has 1 atom stereocenters. The fraction of sp³-hybridized carbons (Fsp3) is 0.412. The van der Waals surface area contributed by atoms with Gasteiger partial charge in [0.25, 0.3) is 0 Å². The summed E-state index contributed by atoms with van der Waals surface area (Å²) < 4.78 is 11.2. The number of benzene rings is 1. The highest BCUT2D eigenvalue weighted by Gasteiger charge is 2.31. The maximum atomic E-state index is 12.5. The molecule has 4 rings (SSSR count). The van der Waals surface area contributed by atoms with Gasteiger partial charge in [-0.25, -0.2) is 4.98 Å². The number of carbonyl (C=O) groups is 1. The molecular weight excluding hydrogens is 280 g/mol. The second-order valence-corrected chi connectivity index (χ2v) is 5.83. The minimum absolute atomic E-state index is 0.0158. The average Bonchev–Trinajstić information content (AvgIpc) is 3.23. The number of carbonyl (C=O) groups excluding carboxylic acids is 1. The highest BCUT2D eigenvalue weighted by molar-refractivity contribution is 5.79. The van der Waals surface area contributed by atoms with Gasteiger partial charge in [0.05, 0.1) is 19.1 Å². The van der Waals surface area contributed by atoms with E-state index in [1.165, 1.54) is 0 Å². The highest BCUT2D eigenvalue weighted by atomic mass is 16.5. The van der Waals surface area contributed by atoms with Crippen molar-refractivity contribution in [3.05, 3.63) is 41.8 Å². The summed E-state index contributed by atoms with van der Waals surface area (Å²) in [6.45, 7) is 2.49. The molecule has 1 aromatic heterocycles. The van der Waals surface area contributed by atoms with Crippen LogP contribution in [0.3, 0.4) is 0 Å². The molecule has 2 aliphatic heterocycles. The minimum atomic E-state index is 0.0158. The maximum absolute atomic E-state index is 12.5. The molecule has 0 saturated carbocycles. The first-order chi connectivity index (χ1) is 10.8. The van der Waals surface area contributed by atoms with Crippen LogP contribution < -0.4 is 0 Å². The molecule has 3 heterocycles. The second kappa shape index (κ2) is 5.57. The molecule has 114 valence electrons. The first-order valence-electron chi connectivity index (χ1n) is 7.72. The summed E-state index contributed by atoms with van der Waals surface area (Å²) in [6, 6.07) is 9.87. The number of rotatable bonds is 2. The molecule has 1 amide bonds. The monoisotopic (exact) mass is 298 g/mol. The number of ether oxygens (including phenoxy) is 1. The molecule has 22 heavy (non-hydrogen) atoms. The smallest absolute Gasteiger partial charge is 0.228 e. The average molecular weight is 298 g/mol. The van der Waals surface area contributed by atoms with E-state index >= 15 is 0 Å². The Kier molecular flexibility index (Phi) is 3.42. The van der Waals surface area contributed by atoms with E-state index in [1.54, 1.807) is 0 Å². The molecule has 2 aromatic rings. The summed E-state index contributed by atoms with van der Waals surface area (Å²) >= 11 is 0. The lowest BCUT2D eigenvalue weighted by molar-refractivity contribution is -0.136. The number of aromatic nitrogens is 1. The van der Waals surface area contributed by atoms with E-state index in [0.717, 1.165) is 29.9 Å². The Bertz CT molecular complexity index is 674. The van der Waals surface area contributed by atoms with Gasteiger partial charge in [-0.3, -0.25) is 4.79 Å². The summed E-state index contributed by atoms with van der Waals surface area (Å²) in [6.07, 6.45) is 1.56. The van der Waals surface area contributed by atoms with Crippen LogP contribution in [0.1, 0.15) is 17.9 Å². The Hall–Kier alpha value is -2.14. The largest absolute Gasteiger partial charge is 0.441 e. The van der Waals surface area contributed by atoms with Gasteiger partial charge in [0.15, 0.2) is 0 Å². The zero-order valence-electron chi connectivity index (χ0n) is 12.3. The molecule has 1 saturated heterocycles. The third kappa shape index (κ3) is 2.41. The van der Waals surface area contributed by atoms with Crippen LogP contribution in [-0.4, -0.2) is 35.5 Å². The zero-order chi connectivity index (χ0) is 14.9. The zero-order valence-corrected chi connectivity index (χ0v) is 12.3. The van der Waals surface area contributed by atoms with E-state index in [-0.39, 0.29) is 11.8 Å². The van der Waals surface area contributed by atoms with Crippen molar-refractivity contribution in [2.75, 3.05) is 19.8 Å². The number of hydrogen-bond donors (Lipinski definition) is 0. The number of oxazole rings is 1. The first kappa shape index (κ1) is 13.5. The number of hydrogen-bond acceptors (Lipinski definition) is 4. The van der Waals surface area contributed by atoms with Gasteiger partial charge in [0.2, 0.25) is 11.8 Å².